The average molecular weight is 327 g/mol. The number of nitrogens with one attached hydrogen (secondary N) is 2. The van der Waals surface area contributed by atoms with Crippen LogP contribution in [-0.4, -0.2) is 31.8 Å². The summed E-state index contributed by atoms with van der Waals surface area (Å²) in [5, 5.41) is 14.9. The Morgan fingerprint density at radius 1 is 1.08 bits per heavy atom. The van der Waals surface area contributed by atoms with Crippen LogP contribution in [0.25, 0.3) is 0 Å². The zero-order chi connectivity index (χ0) is 17.4. The minimum atomic E-state index is -0.251. The fraction of sp³-hybridized carbons (Fsp3) is 0.316. The summed E-state index contributed by atoms with van der Waals surface area (Å²) in [6.07, 6.45) is 1.32. The molecule has 0 aliphatic carbocycles. The van der Waals surface area contributed by atoms with E-state index in [4.69, 9.17) is 5.11 Å². The number of amides is 2. The van der Waals surface area contributed by atoms with Crippen molar-refractivity contribution in [3.8, 4) is 0 Å². The van der Waals surface area contributed by atoms with Crippen LogP contribution in [-0.2, 0) is 0 Å². The molecule has 2 aromatic carbocycles. The molecule has 3 N–H and O–H groups in total. The number of carbonyl (C=O) groups excluding carboxylic acids is 1. The van der Waals surface area contributed by atoms with Crippen LogP contribution < -0.4 is 15.5 Å². The third-order valence-electron chi connectivity index (χ3n) is 3.80. The van der Waals surface area contributed by atoms with Crippen LogP contribution in [0.4, 0.5) is 16.2 Å². The SMILES string of the molecule is CN(C)c1ccc(NC(=O)NC(CCCO)c2ccccc2)cc1. The number of hydrogen-bond donors (Lipinski definition) is 3. The topological polar surface area (TPSA) is 64.6 Å². The molecule has 2 aromatic rings. The molecule has 0 aliphatic heterocycles. The quantitative estimate of drug-likeness (QED) is 0.730. The van der Waals surface area contributed by atoms with Gasteiger partial charge in [-0.3, -0.25) is 0 Å². The van der Waals surface area contributed by atoms with Crippen LogP contribution in [0.2, 0.25) is 0 Å². The Labute approximate surface area is 143 Å². The zero-order valence-electron chi connectivity index (χ0n) is 14.2. The van der Waals surface area contributed by atoms with Crippen molar-refractivity contribution in [2.24, 2.45) is 0 Å². The van der Waals surface area contributed by atoms with Gasteiger partial charge in [-0.2, -0.15) is 0 Å². The van der Waals surface area contributed by atoms with E-state index >= 15 is 0 Å². The van der Waals surface area contributed by atoms with Gasteiger partial charge in [-0.1, -0.05) is 30.3 Å². The van der Waals surface area contributed by atoms with Crippen molar-refractivity contribution < 1.29 is 9.90 Å². The Hall–Kier alpha value is -2.53. The summed E-state index contributed by atoms with van der Waals surface area (Å²) in [5.41, 5.74) is 2.85. The summed E-state index contributed by atoms with van der Waals surface area (Å²) in [4.78, 5) is 14.3. The molecular weight excluding hydrogens is 302 g/mol. The van der Waals surface area contributed by atoms with E-state index in [1.54, 1.807) is 0 Å². The molecule has 0 saturated heterocycles. The van der Waals surface area contributed by atoms with Crippen molar-refractivity contribution in [1.29, 1.82) is 0 Å². The van der Waals surface area contributed by atoms with Gasteiger partial charge < -0.3 is 20.6 Å². The van der Waals surface area contributed by atoms with Crippen LogP contribution in [0.15, 0.2) is 54.6 Å². The fourth-order valence-electron chi connectivity index (χ4n) is 2.47. The summed E-state index contributed by atoms with van der Waals surface area (Å²) < 4.78 is 0. The van der Waals surface area contributed by atoms with Crippen LogP contribution in [0.3, 0.4) is 0 Å². The maximum atomic E-state index is 12.3. The first-order chi connectivity index (χ1) is 11.6. The molecule has 0 aromatic heterocycles. The molecule has 0 bridgehead atoms. The Kier molecular flexibility index (Phi) is 6.63. The second-order valence-electron chi connectivity index (χ2n) is 5.87. The van der Waals surface area contributed by atoms with E-state index in [1.807, 2.05) is 73.6 Å². The number of carbonyl (C=O) groups is 1. The number of nitrogens with zero attached hydrogens (tertiary/aromatic N) is 1. The number of aliphatic hydroxyl groups is 1. The average Bonchev–Trinajstić information content (AvgIpc) is 2.59. The third kappa shape index (κ3) is 5.28. The van der Waals surface area contributed by atoms with Gasteiger partial charge in [-0.05, 0) is 42.7 Å². The predicted octanol–water partition coefficient (Wildman–Crippen LogP) is 3.39. The van der Waals surface area contributed by atoms with Crippen LogP contribution in [0.5, 0.6) is 0 Å². The molecule has 0 radical (unpaired) electrons. The zero-order valence-corrected chi connectivity index (χ0v) is 14.2. The Morgan fingerprint density at radius 2 is 1.75 bits per heavy atom. The highest BCUT2D eigenvalue weighted by molar-refractivity contribution is 5.89. The Morgan fingerprint density at radius 3 is 2.33 bits per heavy atom. The van der Waals surface area contributed by atoms with Crippen molar-refractivity contribution in [2.45, 2.75) is 18.9 Å². The highest BCUT2D eigenvalue weighted by Crippen LogP contribution is 2.19. The minimum absolute atomic E-state index is 0.110. The lowest BCUT2D eigenvalue weighted by Crippen LogP contribution is -2.32. The normalized spacial score (nSPS) is 11.6. The van der Waals surface area contributed by atoms with Gasteiger partial charge in [0.2, 0.25) is 0 Å². The van der Waals surface area contributed by atoms with Crippen LogP contribution in [0.1, 0.15) is 24.4 Å². The van der Waals surface area contributed by atoms with Crippen molar-refractivity contribution >= 4 is 17.4 Å². The number of rotatable bonds is 7. The van der Waals surface area contributed by atoms with Crippen molar-refractivity contribution in [3.05, 3.63) is 60.2 Å². The van der Waals surface area contributed by atoms with Gasteiger partial charge in [0, 0.05) is 32.1 Å². The van der Waals surface area contributed by atoms with Gasteiger partial charge in [0.25, 0.3) is 0 Å². The highest BCUT2D eigenvalue weighted by atomic mass is 16.3. The van der Waals surface area contributed by atoms with E-state index in [9.17, 15) is 4.79 Å². The molecule has 2 rings (SSSR count). The lowest BCUT2D eigenvalue weighted by atomic mass is 10.0. The fourth-order valence-corrected chi connectivity index (χ4v) is 2.47. The Balaban J connectivity index is 1.99. The van der Waals surface area contributed by atoms with E-state index < -0.39 is 0 Å². The maximum absolute atomic E-state index is 12.3. The number of benzene rings is 2. The minimum Gasteiger partial charge on any atom is -0.396 e. The molecule has 0 aliphatic rings. The van der Waals surface area contributed by atoms with Gasteiger partial charge in [0.15, 0.2) is 0 Å². The molecule has 5 heteroatoms. The smallest absolute Gasteiger partial charge is 0.319 e. The molecular formula is C19H25N3O2. The first-order valence-electron chi connectivity index (χ1n) is 8.11. The predicted molar refractivity (Wildman–Crippen MR) is 98.4 cm³/mol. The third-order valence-corrected chi connectivity index (χ3v) is 3.80. The lowest BCUT2D eigenvalue weighted by Gasteiger charge is -2.19. The molecule has 0 saturated carbocycles. The number of urea groups is 1. The summed E-state index contributed by atoms with van der Waals surface area (Å²) in [5.74, 6) is 0. The number of hydrogen-bond acceptors (Lipinski definition) is 3. The molecule has 2 amide bonds. The van der Waals surface area contributed by atoms with Gasteiger partial charge in [-0.25, -0.2) is 4.79 Å². The molecule has 0 fully saturated rings. The standard InChI is InChI=1S/C19H25N3O2/c1-22(2)17-12-10-16(11-13-17)20-19(24)21-18(9-6-14-23)15-7-4-3-5-8-15/h3-5,7-8,10-13,18,23H,6,9,14H2,1-2H3,(H2,20,21,24). The molecule has 0 heterocycles. The van der Waals surface area contributed by atoms with Crippen LogP contribution >= 0.6 is 0 Å². The summed E-state index contributed by atoms with van der Waals surface area (Å²) in [6, 6.07) is 17.1. The van der Waals surface area contributed by atoms with Gasteiger partial charge in [0.05, 0.1) is 6.04 Å². The van der Waals surface area contributed by atoms with Gasteiger partial charge in [-0.15, -0.1) is 0 Å². The first-order valence-corrected chi connectivity index (χ1v) is 8.11. The van der Waals surface area contributed by atoms with Crippen LogP contribution in [0, 0.1) is 0 Å². The van der Waals surface area contributed by atoms with Crippen molar-refractivity contribution in [2.75, 3.05) is 30.9 Å². The molecule has 1 unspecified atom stereocenters. The van der Waals surface area contributed by atoms with E-state index in [0.717, 1.165) is 16.9 Å². The summed E-state index contributed by atoms with van der Waals surface area (Å²) >= 11 is 0. The summed E-state index contributed by atoms with van der Waals surface area (Å²) in [7, 11) is 3.95. The number of aliphatic hydroxyl groups excluding tert-OH is 1. The highest BCUT2D eigenvalue weighted by Gasteiger charge is 2.14. The molecule has 24 heavy (non-hydrogen) atoms. The largest absolute Gasteiger partial charge is 0.396 e. The molecule has 0 spiro atoms. The lowest BCUT2D eigenvalue weighted by molar-refractivity contribution is 0.244. The van der Waals surface area contributed by atoms with E-state index in [0.29, 0.717) is 12.8 Å². The van der Waals surface area contributed by atoms with Gasteiger partial charge >= 0.3 is 6.03 Å². The first kappa shape index (κ1) is 17.8. The second kappa shape index (κ2) is 8.93. The monoisotopic (exact) mass is 327 g/mol. The maximum Gasteiger partial charge on any atom is 0.319 e. The molecule has 128 valence electrons. The van der Waals surface area contributed by atoms with E-state index in [2.05, 4.69) is 10.6 Å². The second-order valence-corrected chi connectivity index (χ2v) is 5.87. The van der Waals surface area contributed by atoms with Crippen molar-refractivity contribution in [1.82, 2.24) is 5.32 Å². The number of anilines is 2. The molecule has 1 atom stereocenters. The van der Waals surface area contributed by atoms with E-state index in [-0.39, 0.29) is 18.7 Å². The van der Waals surface area contributed by atoms with Crippen molar-refractivity contribution in [3.63, 3.8) is 0 Å². The molecule has 5 nitrogen and oxygen atoms in total. The van der Waals surface area contributed by atoms with Gasteiger partial charge in [0.1, 0.15) is 0 Å². The van der Waals surface area contributed by atoms with E-state index in [1.165, 1.54) is 0 Å². The summed E-state index contributed by atoms with van der Waals surface area (Å²) in [6.45, 7) is 0.110. The Bertz CT molecular complexity index is 627.